The van der Waals surface area contributed by atoms with Gasteiger partial charge in [-0.2, -0.15) is 5.10 Å². The molecule has 37 heavy (non-hydrogen) atoms. The van der Waals surface area contributed by atoms with Crippen molar-refractivity contribution in [2.45, 2.75) is 31.9 Å². The molecule has 5 rings (SSSR count). The Morgan fingerprint density at radius 3 is 2.65 bits per heavy atom. The second kappa shape index (κ2) is 11.0. The number of carbonyl (C=O) groups is 2. The van der Waals surface area contributed by atoms with Crippen molar-refractivity contribution in [3.63, 3.8) is 0 Å². The predicted molar refractivity (Wildman–Crippen MR) is 137 cm³/mol. The Kier molecular flexibility index (Phi) is 7.41. The van der Waals surface area contributed by atoms with Crippen molar-refractivity contribution < 1.29 is 23.8 Å². The number of nitrogens with one attached hydrogen (secondary N) is 1. The van der Waals surface area contributed by atoms with Gasteiger partial charge in [-0.05, 0) is 42.7 Å². The van der Waals surface area contributed by atoms with Crippen LogP contribution in [0.4, 0.5) is 0 Å². The number of methoxy groups -OCH3 is 1. The molecular weight excluding hydrogens is 472 g/mol. The Morgan fingerprint density at radius 1 is 1.11 bits per heavy atom. The molecule has 1 saturated carbocycles. The van der Waals surface area contributed by atoms with Crippen LogP contribution in [0.5, 0.6) is 11.5 Å². The number of hydrogen-bond donors (Lipinski definition) is 1. The van der Waals surface area contributed by atoms with E-state index in [0.717, 1.165) is 29.7 Å². The van der Waals surface area contributed by atoms with E-state index in [0.29, 0.717) is 55.0 Å². The molecular formula is C28H32N4O5. The number of morpholine rings is 1. The van der Waals surface area contributed by atoms with Crippen LogP contribution >= 0.6 is 0 Å². The minimum Gasteiger partial charge on any atom is -0.493 e. The zero-order valence-corrected chi connectivity index (χ0v) is 21.2. The van der Waals surface area contributed by atoms with Crippen molar-refractivity contribution >= 4 is 11.8 Å². The summed E-state index contributed by atoms with van der Waals surface area (Å²) < 4.78 is 18.7. The van der Waals surface area contributed by atoms with Gasteiger partial charge in [0.1, 0.15) is 12.3 Å². The van der Waals surface area contributed by atoms with Gasteiger partial charge in [-0.15, -0.1) is 0 Å². The van der Waals surface area contributed by atoms with Gasteiger partial charge in [0.15, 0.2) is 11.5 Å². The molecule has 1 saturated heterocycles. The number of hydrogen-bond acceptors (Lipinski definition) is 6. The molecule has 2 fully saturated rings. The molecule has 0 unspecified atom stereocenters. The number of aromatic nitrogens is 2. The van der Waals surface area contributed by atoms with E-state index in [-0.39, 0.29) is 25.0 Å². The second-order valence-corrected chi connectivity index (χ2v) is 9.38. The largest absolute Gasteiger partial charge is 0.493 e. The molecule has 0 atom stereocenters. The normalized spacial score (nSPS) is 15.4. The molecule has 3 aromatic rings. The van der Waals surface area contributed by atoms with Crippen LogP contribution < -0.4 is 14.8 Å². The van der Waals surface area contributed by atoms with Crippen LogP contribution in [0.1, 0.15) is 56.4 Å². The Labute approximate surface area is 216 Å². The van der Waals surface area contributed by atoms with Gasteiger partial charge in [-0.3, -0.25) is 14.3 Å². The first-order valence-corrected chi connectivity index (χ1v) is 12.6. The summed E-state index contributed by atoms with van der Waals surface area (Å²) in [5, 5.41) is 7.44. The third-order valence-electron chi connectivity index (χ3n) is 6.70. The van der Waals surface area contributed by atoms with Crippen LogP contribution in [0.25, 0.3) is 0 Å². The van der Waals surface area contributed by atoms with Gasteiger partial charge in [0.25, 0.3) is 11.8 Å². The molecule has 1 aliphatic heterocycles. The zero-order chi connectivity index (χ0) is 25.8. The average molecular weight is 505 g/mol. The molecule has 1 aliphatic carbocycles. The molecule has 194 valence electrons. The fourth-order valence-corrected chi connectivity index (χ4v) is 4.50. The molecule has 1 aromatic heterocycles. The zero-order valence-electron chi connectivity index (χ0n) is 21.2. The van der Waals surface area contributed by atoms with Crippen LogP contribution in [0.3, 0.4) is 0 Å². The van der Waals surface area contributed by atoms with Crippen molar-refractivity contribution in [2.24, 2.45) is 7.05 Å². The third kappa shape index (κ3) is 5.77. The highest BCUT2D eigenvalue weighted by Crippen LogP contribution is 2.39. The summed E-state index contributed by atoms with van der Waals surface area (Å²) in [6.07, 6.45) is 2.27. The Balaban J connectivity index is 1.23. The Morgan fingerprint density at radius 2 is 1.89 bits per heavy atom. The second-order valence-electron chi connectivity index (χ2n) is 9.38. The first-order valence-electron chi connectivity index (χ1n) is 12.6. The van der Waals surface area contributed by atoms with Crippen LogP contribution in [0.15, 0.2) is 48.5 Å². The first-order chi connectivity index (χ1) is 18.0. The van der Waals surface area contributed by atoms with Gasteiger partial charge >= 0.3 is 0 Å². The monoisotopic (exact) mass is 504 g/mol. The fourth-order valence-electron chi connectivity index (χ4n) is 4.50. The lowest BCUT2D eigenvalue weighted by atomic mass is 10.1. The summed E-state index contributed by atoms with van der Waals surface area (Å²) in [4.78, 5) is 27.4. The van der Waals surface area contributed by atoms with E-state index in [9.17, 15) is 9.59 Å². The van der Waals surface area contributed by atoms with Crippen LogP contribution in [-0.4, -0.2) is 59.9 Å². The molecule has 9 heteroatoms. The summed E-state index contributed by atoms with van der Waals surface area (Å²) >= 11 is 0. The summed E-state index contributed by atoms with van der Waals surface area (Å²) in [5.41, 5.74) is 3.83. The Bertz CT molecular complexity index is 1280. The number of ether oxygens (including phenoxy) is 3. The van der Waals surface area contributed by atoms with E-state index in [1.165, 1.54) is 0 Å². The predicted octanol–water partition coefficient (Wildman–Crippen LogP) is 3.29. The number of nitrogens with zero attached hydrogens (tertiary/aromatic N) is 3. The number of benzene rings is 2. The molecule has 0 radical (unpaired) electrons. The van der Waals surface area contributed by atoms with E-state index >= 15 is 0 Å². The van der Waals surface area contributed by atoms with E-state index in [4.69, 9.17) is 14.2 Å². The average Bonchev–Trinajstić information content (AvgIpc) is 3.72. The SMILES string of the molecule is COc1c(CNC(=O)c2cc(C3CC3)nn2C)cccc1OCc1cccc(C(=O)N2CCOCC2)c1. The first kappa shape index (κ1) is 24.8. The van der Waals surface area contributed by atoms with Crippen molar-refractivity contribution in [1.82, 2.24) is 20.0 Å². The molecule has 0 bridgehead atoms. The minimum absolute atomic E-state index is 0.00172. The summed E-state index contributed by atoms with van der Waals surface area (Å²) in [5.74, 6) is 1.43. The lowest BCUT2D eigenvalue weighted by Gasteiger charge is -2.27. The lowest BCUT2D eigenvalue weighted by Crippen LogP contribution is -2.40. The van der Waals surface area contributed by atoms with Gasteiger partial charge in [0.2, 0.25) is 0 Å². The van der Waals surface area contributed by atoms with E-state index in [1.807, 2.05) is 53.4 Å². The highest BCUT2D eigenvalue weighted by molar-refractivity contribution is 5.94. The number of para-hydroxylation sites is 1. The highest BCUT2D eigenvalue weighted by atomic mass is 16.5. The minimum atomic E-state index is -0.183. The number of amides is 2. The van der Waals surface area contributed by atoms with Crippen LogP contribution in [-0.2, 0) is 24.9 Å². The van der Waals surface area contributed by atoms with Crippen molar-refractivity contribution in [2.75, 3.05) is 33.4 Å². The maximum atomic E-state index is 12.8. The highest BCUT2D eigenvalue weighted by Gasteiger charge is 2.28. The van der Waals surface area contributed by atoms with E-state index < -0.39 is 0 Å². The van der Waals surface area contributed by atoms with Gasteiger partial charge in [-0.1, -0.05) is 24.3 Å². The summed E-state index contributed by atoms with van der Waals surface area (Å²) in [6.45, 7) is 2.89. The molecule has 2 aromatic carbocycles. The maximum absolute atomic E-state index is 12.8. The lowest BCUT2D eigenvalue weighted by molar-refractivity contribution is 0.0303. The van der Waals surface area contributed by atoms with Gasteiger partial charge < -0.3 is 24.4 Å². The van der Waals surface area contributed by atoms with Crippen molar-refractivity contribution in [3.8, 4) is 11.5 Å². The standard InChI is InChI=1S/C28H32N4O5/c1-31-24(16-23(30-31)20-9-10-20)27(33)29-17-22-7-4-8-25(26(22)35-2)37-18-19-5-3-6-21(15-19)28(34)32-11-13-36-14-12-32/h3-8,15-16,20H,9-14,17-18H2,1-2H3,(H,29,33). The molecule has 2 heterocycles. The van der Waals surface area contributed by atoms with Crippen molar-refractivity contribution in [1.29, 1.82) is 0 Å². The molecule has 0 spiro atoms. The molecule has 1 N–H and O–H groups in total. The van der Waals surface area contributed by atoms with Gasteiger partial charge in [0, 0.05) is 43.7 Å². The summed E-state index contributed by atoms with van der Waals surface area (Å²) in [7, 11) is 3.37. The third-order valence-corrected chi connectivity index (χ3v) is 6.70. The topological polar surface area (TPSA) is 94.9 Å². The molecule has 2 amide bonds. The Hall–Kier alpha value is -3.85. The van der Waals surface area contributed by atoms with Crippen LogP contribution in [0, 0.1) is 0 Å². The molecule has 9 nitrogen and oxygen atoms in total. The van der Waals surface area contributed by atoms with E-state index in [1.54, 1.807) is 18.8 Å². The van der Waals surface area contributed by atoms with E-state index in [2.05, 4.69) is 10.4 Å². The number of carbonyl (C=O) groups excluding carboxylic acids is 2. The molecule has 2 aliphatic rings. The van der Waals surface area contributed by atoms with Crippen LogP contribution in [0.2, 0.25) is 0 Å². The summed E-state index contributed by atoms with van der Waals surface area (Å²) in [6, 6.07) is 14.9. The fraction of sp³-hybridized carbons (Fsp3) is 0.393. The number of rotatable bonds is 9. The van der Waals surface area contributed by atoms with Gasteiger partial charge in [0.05, 0.1) is 26.0 Å². The quantitative estimate of drug-likeness (QED) is 0.481. The van der Waals surface area contributed by atoms with Gasteiger partial charge in [-0.25, -0.2) is 0 Å². The van der Waals surface area contributed by atoms with Crippen molar-refractivity contribution in [3.05, 3.63) is 76.6 Å². The number of aryl methyl sites for hydroxylation is 1. The maximum Gasteiger partial charge on any atom is 0.269 e. The smallest absolute Gasteiger partial charge is 0.269 e.